The molecular formula is C12H11BrN2O2. The lowest BCUT2D eigenvalue weighted by molar-refractivity contribution is -0.122. The highest BCUT2D eigenvalue weighted by Crippen LogP contribution is 2.17. The van der Waals surface area contributed by atoms with E-state index in [1.54, 1.807) is 13.0 Å². The summed E-state index contributed by atoms with van der Waals surface area (Å²) in [4.78, 5) is 24.4. The summed E-state index contributed by atoms with van der Waals surface area (Å²) in [7, 11) is 0. The molecule has 0 spiro atoms. The first-order valence-corrected chi connectivity index (χ1v) is 6.01. The average molecular weight is 295 g/mol. The Morgan fingerprint density at radius 2 is 2.18 bits per heavy atom. The number of nitrogens with one attached hydrogen (secondary N) is 1. The number of urea groups is 1. The molecule has 1 aromatic rings. The number of amides is 3. The molecule has 3 amide bonds. The summed E-state index contributed by atoms with van der Waals surface area (Å²) in [6, 6.07) is 7.15. The predicted molar refractivity (Wildman–Crippen MR) is 68.0 cm³/mol. The first-order valence-electron chi connectivity index (χ1n) is 5.22. The largest absolute Gasteiger partial charge is 0.328 e. The summed E-state index contributed by atoms with van der Waals surface area (Å²) >= 11 is 3.35. The molecule has 4 nitrogen and oxygen atoms in total. The van der Waals surface area contributed by atoms with Gasteiger partial charge in [0, 0.05) is 11.0 Å². The van der Waals surface area contributed by atoms with Crippen molar-refractivity contribution in [1.29, 1.82) is 0 Å². The molecule has 5 heteroatoms. The molecule has 1 aliphatic heterocycles. The number of rotatable bonds is 2. The van der Waals surface area contributed by atoms with Crippen LogP contribution < -0.4 is 5.32 Å². The van der Waals surface area contributed by atoms with E-state index in [2.05, 4.69) is 21.2 Å². The van der Waals surface area contributed by atoms with Crippen LogP contribution in [0.4, 0.5) is 4.79 Å². The third-order valence-corrected chi connectivity index (χ3v) is 2.93. The van der Waals surface area contributed by atoms with Crippen molar-refractivity contribution in [1.82, 2.24) is 10.2 Å². The van der Waals surface area contributed by atoms with E-state index in [0.29, 0.717) is 12.2 Å². The smallest absolute Gasteiger partial charge is 0.303 e. The van der Waals surface area contributed by atoms with Gasteiger partial charge in [0.15, 0.2) is 0 Å². The lowest BCUT2D eigenvalue weighted by Gasteiger charge is -2.06. The van der Waals surface area contributed by atoms with Crippen LogP contribution in [0.15, 0.2) is 34.4 Å². The fourth-order valence-electron chi connectivity index (χ4n) is 1.62. The van der Waals surface area contributed by atoms with E-state index in [0.717, 1.165) is 10.0 Å². The van der Waals surface area contributed by atoms with Gasteiger partial charge in [-0.05, 0) is 30.7 Å². The Kier molecular flexibility index (Phi) is 3.28. The SMILES string of the molecule is CCN1C(=O)NC(=Cc2cccc(Br)c2)C1=O. The Bertz CT molecular complexity index is 511. The van der Waals surface area contributed by atoms with Gasteiger partial charge in [-0.3, -0.25) is 9.69 Å². The van der Waals surface area contributed by atoms with Crippen LogP contribution in [-0.4, -0.2) is 23.4 Å². The minimum absolute atomic E-state index is 0.280. The van der Waals surface area contributed by atoms with Crippen molar-refractivity contribution < 1.29 is 9.59 Å². The molecule has 1 aromatic carbocycles. The van der Waals surface area contributed by atoms with Crippen LogP contribution in [0.1, 0.15) is 12.5 Å². The van der Waals surface area contributed by atoms with Crippen LogP contribution in [-0.2, 0) is 4.79 Å². The number of carbonyl (C=O) groups is 2. The van der Waals surface area contributed by atoms with E-state index in [9.17, 15) is 9.59 Å². The third-order valence-electron chi connectivity index (χ3n) is 2.44. The number of nitrogens with zero attached hydrogens (tertiary/aromatic N) is 1. The van der Waals surface area contributed by atoms with E-state index in [4.69, 9.17) is 0 Å². The van der Waals surface area contributed by atoms with Crippen molar-refractivity contribution in [2.24, 2.45) is 0 Å². The van der Waals surface area contributed by atoms with Crippen molar-refractivity contribution in [2.45, 2.75) is 6.92 Å². The number of benzene rings is 1. The van der Waals surface area contributed by atoms with E-state index in [1.165, 1.54) is 4.90 Å². The van der Waals surface area contributed by atoms with Gasteiger partial charge in [-0.2, -0.15) is 0 Å². The van der Waals surface area contributed by atoms with Crippen molar-refractivity contribution >= 4 is 33.9 Å². The number of halogens is 1. The zero-order valence-corrected chi connectivity index (χ0v) is 10.8. The molecule has 2 rings (SSSR count). The summed E-state index contributed by atoms with van der Waals surface area (Å²) < 4.78 is 0.927. The molecule has 0 atom stereocenters. The highest BCUT2D eigenvalue weighted by molar-refractivity contribution is 9.10. The molecule has 0 aliphatic carbocycles. The Labute approximate surface area is 107 Å². The number of hydrogen-bond acceptors (Lipinski definition) is 2. The maximum atomic E-state index is 11.8. The first-order chi connectivity index (χ1) is 8.11. The van der Waals surface area contributed by atoms with Gasteiger partial charge in [-0.15, -0.1) is 0 Å². The fraction of sp³-hybridized carbons (Fsp3) is 0.167. The van der Waals surface area contributed by atoms with Gasteiger partial charge in [0.25, 0.3) is 5.91 Å². The number of hydrogen-bond donors (Lipinski definition) is 1. The van der Waals surface area contributed by atoms with Crippen molar-refractivity contribution in [3.63, 3.8) is 0 Å². The molecule has 1 aliphatic rings. The van der Waals surface area contributed by atoms with Gasteiger partial charge in [0.2, 0.25) is 0 Å². The van der Waals surface area contributed by atoms with Crippen molar-refractivity contribution in [3.8, 4) is 0 Å². The standard InChI is InChI=1S/C12H11BrN2O2/c1-2-15-11(16)10(14-12(15)17)7-8-4-3-5-9(13)6-8/h3-7H,2H2,1H3,(H,14,17). The number of imide groups is 1. The van der Waals surface area contributed by atoms with E-state index >= 15 is 0 Å². The molecule has 0 saturated carbocycles. The van der Waals surface area contributed by atoms with Crippen LogP contribution in [0.25, 0.3) is 6.08 Å². The molecule has 0 radical (unpaired) electrons. The van der Waals surface area contributed by atoms with Crippen LogP contribution in [0.5, 0.6) is 0 Å². The normalized spacial score (nSPS) is 17.8. The van der Waals surface area contributed by atoms with Crippen molar-refractivity contribution in [3.05, 3.63) is 40.0 Å². The second kappa shape index (κ2) is 4.71. The highest BCUT2D eigenvalue weighted by Gasteiger charge is 2.31. The summed E-state index contributed by atoms with van der Waals surface area (Å²) in [5, 5.41) is 2.56. The fourth-order valence-corrected chi connectivity index (χ4v) is 2.04. The van der Waals surface area contributed by atoms with E-state index in [1.807, 2.05) is 24.3 Å². The highest BCUT2D eigenvalue weighted by atomic mass is 79.9. The topological polar surface area (TPSA) is 49.4 Å². The zero-order chi connectivity index (χ0) is 12.4. The van der Waals surface area contributed by atoms with Gasteiger partial charge < -0.3 is 5.32 Å². The molecule has 88 valence electrons. The molecule has 0 unspecified atom stereocenters. The van der Waals surface area contributed by atoms with Crippen molar-refractivity contribution in [2.75, 3.05) is 6.54 Å². The summed E-state index contributed by atoms with van der Waals surface area (Å²) in [6.45, 7) is 2.14. The van der Waals surface area contributed by atoms with E-state index < -0.39 is 0 Å². The molecule has 1 heterocycles. The lowest BCUT2D eigenvalue weighted by atomic mass is 10.2. The Hall–Kier alpha value is -1.62. The summed E-state index contributed by atoms with van der Waals surface area (Å²) in [6.07, 6.45) is 1.67. The minimum Gasteiger partial charge on any atom is -0.303 e. The molecule has 0 aromatic heterocycles. The lowest BCUT2D eigenvalue weighted by Crippen LogP contribution is -2.30. The van der Waals surface area contributed by atoms with E-state index in [-0.39, 0.29) is 11.9 Å². The van der Waals surface area contributed by atoms with Gasteiger partial charge in [0.1, 0.15) is 5.70 Å². The van der Waals surface area contributed by atoms with Crippen LogP contribution >= 0.6 is 15.9 Å². The second-order valence-electron chi connectivity index (χ2n) is 3.59. The maximum absolute atomic E-state index is 11.8. The van der Waals surface area contributed by atoms with Gasteiger partial charge >= 0.3 is 6.03 Å². The first kappa shape index (κ1) is 11.9. The molecule has 17 heavy (non-hydrogen) atoms. The summed E-state index contributed by atoms with van der Waals surface area (Å²) in [5.41, 5.74) is 1.18. The molecular weight excluding hydrogens is 284 g/mol. The van der Waals surface area contributed by atoms with Crippen LogP contribution in [0.2, 0.25) is 0 Å². The minimum atomic E-state index is -0.362. The molecule has 1 saturated heterocycles. The number of carbonyl (C=O) groups excluding carboxylic acids is 2. The Morgan fingerprint density at radius 1 is 1.41 bits per heavy atom. The molecule has 1 fully saturated rings. The maximum Gasteiger partial charge on any atom is 0.328 e. The molecule has 0 bridgehead atoms. The van der Waals surface area contributed by atoms with Gasteiger partial charge in [0.05, 0.1) is 0 Å². The third kappa shape index (κ3) is 2.39. The summed E-state index contributed by atoms with van der Waals surface area (Å²) in [5.74, 6) is -0.280. The zero-order valence-electron chi connectivity index (χ0n) is 9.24. The predicted octanol–water partition coefficient (Wildman–Crippen LogP) is 2.36. The number of likely N-dealkylation sites (N-methyl/N-ethyl adjacent to an activating group) is 1. The monoisotopic (exact) mass is 294 g/mol. The van der Waals surface area contributed by atoms with Gasteiger partial charge in [-0.1, -0.05) is 28.1 Å². The second-order valence-corrected chi connectivity index (χ2v) is 4.51. The van der Waals surface area contributed by atoms with Crippen LogP contribution in [0.3, 0.4) is 0 Å². The Morgan fingerprint density at radius 3 is 2.76 bits per heavy atom. The Balaban J connectivity index is 2.30. The quantitative estimate of drug-likeness (QED) is 0.672. The molecule has 1 N–H and O–H groups in total. The average Bonchev–Trinajstić information content (AvgIpc) is 2.54. The van der Waals surface area contributed by atoms with Gasteiger partial charge in [-0.25, -0.2) is 4.79 Å². The van der Waals surface area contributed by atoms with Crippen LogP contribution in [0, 0.1) is 0 Å².